The number of carboxylic acids is 1. The van der Waals surface area contributed by atoms with E-state index in [4.69, 9.17) is 9.84 Å². The van der Waals surface area contributed by atoms with Gasteiger partial charge in [-0.2, -0.15) is 0 Å². The summed E-state index contributed by atoms with van der Waals surface area (Å²) >= 11 is 0. The molecule has 6 nitrogen and oxygen atoms in total. The molecule has 0 aromatic heterocycles. The third-order valence-electron chi connectivity index (χ3n) is 4.35. The van der Waals surface area contributed by atoms with E-state index in [1.807, 2.05) is 42.5 Å². The van der Waals surface area contributed by atoms with E-state index in [0.29, 0.717) is 18.7 Å². The second kappa shape index (κ2) is 7.25. The van der Waals surface area contributed by atoms with E-state index in [1.165, 1.54) is 0 Å². The quantitative estimate of drug-likeness (QED) is 0.870. The van der Waals surface area contributed by atoms with Gasteiger partial charge in [0.1, 0.15) is 5.75 Å². The summed E-state index contributed by atoms with van der Waals surface area (Å²) in [4.78, 5) is 25.3. The van der Waals surface area contributed by atoms with Crippen LogP contribution in [0.2, 0.25) is 0 Å². The second-order valence-electron chi connectivity index (χ2n) is 5.96. The van der Waals surface area contributed by atoms with Crippen LogP contribution in [0.1, 0.15) is 24.3 Å². The number of hydrogen-bond donors (Lipinski definition) is 2. The summed E-state index contributed by atoms with van der Waals surface area (Å²) in [7, 11) is 1.59. The highest BCUT2D eigenvalue weighted by Gasteiger charge is 2.33. The van der Waals surface area contributed by atoms with Crippen molar-refractivity contribution in [2.24, 2.45) is 0 Å². The lowest BCUT2D eigenvalue weighted by atomic mass is 9.96. The van der Waals surface area contributed by atoms with Crippen LogP contribution < -0.4 is 15.0 Å². The topological polar surface area (TPSA) is 78.9 Å². The number of anilines is 2. The molecule has 1 unspecified atom stereocenters. The molecule has 0 bridgehead atoms. The Balaban J connectivity index is 1.84. The molecule has 0 saturated heterocycles. The number of fused-ring (bicyclic) bond motifs is 1. The van der Waals surface area contributed by atoms with E-state index in [-0.39, 0.29) is 18.4 Å². The van der Waals surface area contributed by atoms with Gasteiger partial charge in [-0.05, 0) is 42.3 Å². The van der Waals surface area contributed by atoms with Crippen LogP contribution >= 0.6 is 0 Å². The van der Waals surface area contributed by atoms with Crippen molar-refractivity contribution in [1.82, 2.24) is 0 Å². The van der Waals surface area contributed by atoms with Gasteiger partial charge in [-0.1, -0.05) is 18.2 Å². The maximum absolute atomic E-state index is 12.7. The molecule has 1 atom stereocenters. The molecule has 0 radical (unpaired) electrons. The van der Waals surface area contributed by atoms with Crippen LogP contribution in [0.3, 0.4) is 0 Å². The average Bonchev–Trinajstić information content (AvgIpc) is 2.98. The number of carbonyl (C=O) groups is 2. The summed E-state index contributed by atoms with van der Waals surface area (Å²) in [5, 5.41) is 11.9. The largest absolute Gasteiger partial charge is 0.497 e. The molecule has 2 amide bonds. The van der Waals surface area contributed by atoms with Crippen LogP contribution in [-0.4, -0.2) is 30.8 Å². The summed E-state index contributed by atoms with van der Waals surface area (Å²) in [5.74, 6) is -0.163. The molecule has 2 aromatic rings. The van der Waals surface area contributed by atoms with E-state index in [9.17, 15) is 9.59 Å². The van der Waals surface area contributed by atoms with Crippen molar-refractivity contribution in [2.45, 2.75) is 18.8 Å². The predicted octanol–water partition coefficient (Wildman–Crippen LogP) is 3.70. The van der Waals surface area contributed by atoms with Gasteiger partial charge in [-0.15, -0.1) is 0 Å². The molecule has 0 spiro atoms. The summed E-state index contributed by atoms with van der Waals surface area (Å²) in [6, 6.07) is 14.6. The highest BCUT2D eigenvalue weighted by molar-refractivity contribution is 6.03. The fourth-order valence-electron chi connectivity index (χ4n) is 3.10. The number of urea groups is 1. The molecule has 25 heavy (non-hydrogen) atoms. The number of rotatable bonds is 5. The number of nitrogens with one attached hydrogen (secondary N) is 1. The number of carbonyl (C=O) groups excluding carboxylic acids is 1. The van der Waals surface area contributed by atoms with Gasteiger partial charge in [0.25, 0.3) is 0 Å². The number of carboxylic acid groups (broad SMARTS) is 1. The molecule has 3 rings (SSSR count). The first-order valence-electron chi connectivity index (χ1n) is 8.12. The van der Waals surface area contributed by atoms with Crippen molar-refractivity contribution in [3.63, 3.8) is 0 Å². The molecular weight excluding hydrogens is 320 g/mol. The molecule has 2 aromatic carbocycles. The maximum Gasteiger partial charge on any atom is 0.326 e. The zero-order valence-corrected chi connectivity index (χ0v) is 13.9. The number of methoxy groups -OCH3 is 1. The molecule has 1 aliphatic heterocycles. The smallest absolute Gasteiger partial charge is 0.326 e. The van der Waals surface area contributed by atoms with Crippen molar-refractivity contribution >= 4 is 23.4 Å². The van der Waals surface area contributed by atoms with Gasteiger partial charge in [0.05, 0.1) is 7.11 Å². The van der Waals surface area contributed by atoms with Gasteiger partial charge in [0.2, 0.25) is 0 Å². The minimum absolute atomic E-state index is 0.0253. The molecule has 0 fully saturated rings. The standard InChI is InChI=1S/C19H20N2O4/c1-25-15-8-9-17-16(11-15)13(7-10-18(22)23)12-21(17)19(24)20-14-5-3-2-4-6-14/h2-6,8-9,11,13H,7,10,12H2,1H3,(H,20,24)(H,22,23). The fraction of sp³-hybridized carbons (Fsp3) is 0.263. The zero-order valence-electron chi connectivity index (χ0n) is 13.9. The lowest BCUT2D eigenvalue weighted by Crippen LogP contribution is -2.34. The number of para-hydroxylation sites is 1. The first kappa shape index (κ1) is 16.8. The van der Waals surface area contributed by atoms with Crippen molar-refractivity contribution in [1.29, 1.82) is 0 Å². The van der Waals surface area contributed by atoms with Crippen molar-refractivity contribution in [3.8, 4) is 5.75 Å². The summed E-state index contributed by atoms with van der Waals surface area (Å²) in [6.07, 6.45) is 0.542. The Bertz CT molecular complexity index is 776. The molecule has 2 N–H and O–H groups in total. The molecule has 6 heteroatoms. The third-order valence-corrected chi connectivity index (χ3v) is 4.35. The van der Waals surface area contributed by atoms with E-state index in [2.05, 4.69) is 5.32 Å². The van der Waals surface area contributed by atoms with Crippen LogP contribution in [0, 0.1) is 0 Å². The number of benzene rings is 2. The Labute approximate surface area is 146 Å². The van der Waals surface area contributed by atoms with Crippen LogP contribution in [0.4, 0.5) is 16.2 Å². The minimum Gasteiger partial charge on any atom is -0.497 e. The summed E-state index contributed by atoms with van der Waals surface area (Å²) in [5.41, 5.74) is 2.46. The van der Waals surface area contributed by atoms with Gasteiger partial charge < -0.3 is 15.2 Å². The molecule has 0 saturated carbocycles. The van der Waals surface area contributed by atoms with Crippen molar-refractivity contribution < 1.29 is 19.4 Å². The lowest BCUT2D eigenvalue weighted by Gasteiger charge is -2.18. The minimum atomic E-state index is -0.836. The van der Waals surface area contributed by atoms with E-state index in [0.717, 1.165) is 16.9 Å². The maximum atomic E-state index is 12.7. The van der Waals surface area contributed by atoms with Crippen LogP contribution in [-0.2, 0) is 4.79 Å². The Hall–Kier alpha value is -3.02. The van der Waals surface area contributed by atoms with Crippen LogP contribution in [0.25, 0.3) is 0 Å². The van der Waals surface area contributed by atoms with E-state index >= 15 is 0 Å². The monoisotopic (exact) mass is 340 g/mol. The Morgan fingerprint density at radius 1 is 1.24 bits per heavy atom. The highest BCUT2D eigenvalue weighted by atomic mass is 16.5. The van der Waals surface area contributed by atoms with Crippen molar-refractivity contribution in [3.05, 3.63) is 54.1 Å². The van der Waals surface area contributed by atoms with Crippen LogP contribution in [0.15, 0.2) is 48.5 Å². The molecule has 130 valence electrons. The number of nitrogens with zero attached hydrogens (tertiary/aromatic N) is 1. The molecular formula is C19H20N2O4. The predicted molar refractivity (Wildman–Crippen MR) is 95.4 cm³/mol. The number of ether oxygens (including phenoxy) is 1. The SMILES string of the molecule is COc1ccc2c(c1)C(CCC(=O)O)CN2C(=O)Nc1ccccc1. The summed E-state index contributed by atoms with van der Waals surface area (Å²) < 4.78 is 5.27. The fourth-order valence-corrected chi connectivity index (χ4v) is 3.10. The van der Waals surface area contributed by atoms with Gasteiger partial charge in [0, 0.05) is 30.3 Å². The summed E-state index contributed by atoms with van der Waals surface area (Å²) in [6.45, 7) is 0.453. The normalized spacial score (nSPS) is 15.6. The molecule has 1 aliphatic rings. The van der Waals surface area contributed by atoms with Gasteiger partial charge >= 0.3 is 12.0 Å². The number of aliphatic carboxylic acids is 1. The molecule has 0 aliphatic carbocycles. The third kappa shape index (κ3) is 3.74. The highest BCUT2D eigenvalue weighted by Crippen LogP contribution is 2.41. The Kier molecular flexibility index (Phi) is 4.88. The Morgan fingerprint density at radius 3 is 2.68 bits per heavy atom. The average molecular weight is 340 g/mol. The van der Waals surface area contributed by atoms with Crippen LogP contribution in [0.5, 0.6) is 5.75 Å². The molecule has 1 heterocycles. The Morgan fingerprint density at radius 2 is 2.00 bits per heavy atom. The van der Waals surface area contributed by atoms with Gasteiger partial charge in [-0.3, -0.25) is 9.69 Å². The lowest BCUT2D eigenvalue weighted by molar-refractivity contribution is -0.137. The van der Waals surface area contributed by atoms with E-state index < -0.39 is 5.97 Å². The second-order valence-corrected chi connectivity index (χ2v) is 5.96. The number of hydrogen-bond acceptors (Lipinski definition) is 3. The van der Waals surface area contributed by atoms with E-state index in [1.54, 1.807) is 18.1 Å². The zero-order chi connectivity index (χ0) is 17.8. The number of amides is 2. The van der Waals surface area contributed by atoms with Gasteiger partial charge in [0.15, 0.2) is 0 Å². The first-order chi connectivity index (χ1) is 12.1. The van der Waals surface area contributed by atoms with Crippen molar-refractivity contribution in [2.75, 3.05) is 23.9 Å². The first-order valence-corrected chi connectivity index (χ1v) is 8.12. The van der Waals surface area contributed by atoms with Gasteiger partial charge in [-0.25, -0.2) is 4.79 Å².